The summed E-state index contributed by atoms with van der Waals surface area (Å²) in [5, 5.41) is 3.58. The summed E-state index contributed by atoms with van der Waals surface area (Å²) in [6, 6.07) is 18.8. The number of hydrogen-bond donors (Lipinski definition) is 1. The number of nitrogens with one attached hydrogen (secondary N) is 1. The number of benzene rings is 3. The Labute approximate surface area is 254 Å². The van der Waals surface area contributed by atoms with E-state index in [-0.39, 0.29) is 17.3 Å². The predicted molar refractivity (Wildman–Crippen MR) is 164 cm³/mol. The molecule has 1 atom stereocenters. The first kappa shape index (κ1) is 31.9. The minimum Gasteiger partial charge on any atom is -0.354 e. The fourth-order valence-corrected chi connectivity index (χ4v) is 6.27. The molecule has 0 aliphatic heterocycles. The lowest BCUT2D eigenvalue weighted by atomic mass is 10.1. The van der Waals surface area contributed by atoms with Gasteiger partial charge in [-0.15, -0.1) is 0 Å². The van der Waals surface area contributed by atoms with Gasteiger partial charge in [0.05, 0.1) is 20.6 Å². The molecule has 214 valence electrons. The first-order valence-electron chi connectivity index (χ1n) is 12.9. The highest BCUT2D eigenvalue weighted by Gasteiger charge is 2.33. The number of nitrogens with zero attached hydrogens (tertiary/aromatic N) is 2. The van der Waals surface area contributed by atoms with Crippen molar-refractivity contribution < 1.29 is 18.0 Å². The summed E-state index contributed by atoms with van der Waals surface area (Å²) in [5.41, 5.74) is 0.962. The van der Waals surface area contributed by atoms with E-state index >= 15 is 0 Å². The van der Waals surface area contributed by atoms with Crippen LogP contribution in [0.5, 0.6) is 0 Å². The highest BCUT2D eigenvalue weighted by atomic mass is 79.9. The van der Waals surface area contributed by atoms with E-state index in [0.29, 0.717) is 38.7 Å². The molecule has 0 saturated heterocycles. The van der Waals surface area contributed by atoms with Crippen molar-refractivity contribution in [1.82, 2.24) is 10.2 Å². The molecular formula is C29H32BrCl2N3O4S. The van der Waals surface area contributed by atoms with Crippen LogP contribution < -0.4 is 9.62 Å². The van der Waals surface area contributed by atoms with E-state index < -0.39 is 28.5 Å². The minimum absolute atomic E-state index is 0.0349. The van der Waals surface area contributed by atoms with E-state index in [1.54, 1.807) is 60.7 Å². The quantitative estimate of drug-likeness (QED) is 0.206. The van der Waals surface area contributed by atoms with Crippen LogP contribution in [-0.4, -0.2) is 44.3 Å². The zero-order valence-corrected chi connectivity index (χ0v) is 26.2. The fourth-order valence-electron chi connectivity index (χ4n) is 4.14. The molecule has 0 aliphatic carbocycles. The summed E-state index contributed by atoms with van der Waals surface area (Å²) in [7, 11) is -4.13. The van der Waals surface area contributed by atoms with Gasteiger partial charge in [-0.05, 0) is 60.9 Å². The van der Waals surface area contributed by atoms with Gasteiger partial charge in [-0.1, -0.05) is 89.7 Å². The number of sulfonamides is 1. The van der Waals surface area contributed by atoms with Gasteiger partial charge in [0, 0.05) is 17.6 Å². The smallest absolute Gasteiger partial charge is 0.264 e. The predicted octanol–water partition coefficient (Wildman–Crippen LogP) is 6.67. The Balaban J connectivity index is 2.04. The number of anilines is 1. The molecule has 3 aromatic rings. The van der Waals surface area contributed by atoms with E-state index in [9.17, 15) is 18.0 Å². The summed E-state index contributed by atoms with van der Waals surface area (Å²) in [6.45, 7) is 3.83. The Morgan fingerprint density at radius 3 is 2.30 bits per heavy atom. The number of rotatable bonds is 13. The summed E-state index contributed by atoms with van der Waals surface area (Å²) >= 11 is 15.7. The van der Waals surface area contributed by atoms with Gasteiger partial charge in [0.25, 0.3) is 10.0 Å². The van der Waals surface area contributed by atoms with Crippen LogP contribution >= 0.6 is 39.1 Å². The van der Waals surface area contributed by atoms with Crippen molar-refractivity contribution in [3.05, 3.63) is 92.9 Å². The Hall–Kier alpha value is -2.59. The number of carbonyl (C=O) groups is 2. The maximum atomic E-state index is 14.0. The molecule has 3 aromatic carbocycles. The lowest BCUT2D eigenvalue weighted by Crippen LogP contribution is -2.52. The second kappa shape index (κ2) is 14.9. The molecule has 3 rings (SSSR count). The summed E-state index contributed by atoms with van der Waals surface area (Å²) in [5.74, 6) is -0.840. The molecule has 0 aliphatic rings. The van der Waals surface area contributed by atoms with Crippen LogP contribution in [0.25, 0.3) is 0 Å². The average molecular weight is 669 g/mol. The largest absolute Gasteiger partial charge is 0.354 e. The summed E-state index contributed by atoms with van der Waals surface area (Å²) in [4.78, 5) is 28.7. The molecule has 0 saturated carbocycles. The Morgan fingerprint density at radius 1 is 0.950 bits per heavy atom. The van der Waals surface area contributed by atoms with Gasteiger partial charge in [-0.3, -0.25) is 13.9 Å². The third-order valence-corrected chi connectivity index (χ3v) is 9.28. The van der Waals surface area contributed by atoms with Crippen LogP contribution in [-0.2, 0) is 26.2 Å². The van der Waals surface area contributed by atoms with E-state index in [0.717, 1.165) is 17.1 Å². The van der Waals surface area contributed by atoms with Crippen molar-refractivity contribution in [2.24, 2.45) is 0 Å². The molecule has 0 aromatic heterocycles. The lowest BCUT2D eigenvalue weighted by Gasteiger charge is -2.33. The molecule has 7 nitrogen and oxygen atoms in total. The monoisotopic (exact) mass is 667 g/mol. The third kappa shape index (κ3) is 8.22. The van der Waals surface area contributed by atoms with Crippen molar-refractivity contribution in [2.75, 3.05) is 17.4 Å². The van der Waals surface area contributed by atoms with Crippen molar-refractivity contribution in [1.29, 1.82) is 0 Å². The molecule has 0 unspecified atom stereocenters. The van der Waals surface area contributed by atoms with E-state index in [1.807, 2.05) is 13.8 Å². The summed E-state index contributed by atoms with van der Waals surface area (Å²) in [6.07, 6.45) is 2.03. The molecule has 0 fully saturated rings. The Morgan fingerprint density at radius 2 is 1.68 bits per heavy atom. The maximum absolute atomic E-state index is 14.0. The minimum atomic E-state index is -4.13. The van der Waals surface area contributed by atoms with Crippen molar-refractivity contribution in [2.45, 2.75) is 50.6 Å². The number of unbranched alkanes of at least 4 members (excludes halogenated alkanes) is 1. The molecule has 0 radical (unpaired) electrons. The fraction of sp³-hybridized carbons (Fsp3) is 0.310. The first-order chi connectivity index (χ1) is 19.1. The van der Waals surface area contributed by atoms with Crippen LogP contribution in [0.1, 0.15) is 38.7 Å². The van der Waals surface area contributed by atoms with Crippen LogP contribution in [0.2, 0.25) is 10.0 Å². The average Bonchev–Trinajstić information content (AvgIpc) is 2.94. The zero-order chi connectivity index (χ0) is 29.3. The van der Waals surface area contributed by atoms with Gasteiger partial charge >= 0.3 is 0 Å². The molecule has 11 heteroatoms. The summed E-state index contributed by atoms with van der Waals surface area (Å²) < 4.78 is 29.4. The number of carbonyl (C=O) groups excluding carboxylic acids is 2. The first-order valence-corrected chi connectivity index (χ1v) is 15.9. The zero-order valence-electron chi connectivity index (χ0n) is 22.3. The van der Waals surface area contributed by atoms with Crippen LogP contribution in [0.4, 0.5) is 5.69 Å². The Bertz CT molecular complexity index is 1420. The standard InChI is InChI=1S/C29H32BrCl2N3O4S/c1-3-5-16-33-29(37)27(4-2)34(19-21-14-15-25(31)26(32)17-21)28(36)20-35(23-11-9-10-22(30)18-23)40(38,39)24-12-7-6-8-13-24/h6-15,17-18,27H,3-5,16,19-20H2,1-2H3,(H,33,37)/t27-/m0/s1. The van der Waals surface area contributed by atoms with Crippen LogP contribution in [0, 0.1) is 0 Å². The number of halogens is 3. The highest BCUT2D eigenvalue weighted by Crippen LogP contribution is 2.28. The second-order valence-electron chi connectivity index (χ2n) is 9.14. The second-order valence-corrected chi connectivity index (χ2v) is 12.7. The van der Waals surface area contributed by atoms with E-state index in [2.05, 4.69) is 21.2 Å². The molecule has 40 heavy (non-hydrogen) atoms. The van der Waals surface area contributed by atoms with E-state index in [1.165, 1.54) is 17.0 Å². The molecule has 2 amide bonds. The third-order valence-electron chi connectivity index (χ3n) is 6.26. The lowest BCUT2D eigenvalue weighted by molar-refractivity contribution is -0.140. The van der Waals surface area contributed by atoms with E-state index in [4.69, 9.17) is 23.2 Å². The number of amides is 2. The van der Waals surface area contributed by atoms with Gasteiger partial charge in [-0.2, -0.15) is 0 Å². The Kier molecular flexibility index (Phi) is 11.9. The van der Waals surface area contributed by atoms with Gasteiger partial charge < -0.3 is 10.2 Å². The normalized spacial score (nSPS) is 12.0. The SMILES string of the molecule is CCCCNC(=O)[C@H](CC)N(Cc1ccc(Cl)c(Cl)c1)C(=O)CN(c1cccc(Br)c1)S(=O)(=O)c1ccccc1. The van der Waals surface area contributed by atoms with Crippen molar-refractivity contribution in [3.63, 3.8) is 0 Å². The molecular weight excluding hydrogens is 637 g/mol. The number of hydrogen-bond acceptors (Lipinski definition) is 4. The van der Waals surface area contributed by atoms with Gasteiger partial charge in [0.2, 0.25) is 11.8 Å². The molecule has 1 N–H and O–H groups in total. The molecule has 0 spiro atoms. The molecule has 0 heterocycles. The maximum Gasteiger partial charge on any atom is 0.264 e. The topological polar surface area (TPSA) is 86.8 Å². The highest BCUT2D eigenvalue weighted by molar-refractivity contribution is 9.10. The van der Waals surface area contributed by atoms with Crippen LogP contribution in [0.15, 0.2) is 82.2 Å². The molecule has 0 bridgehead atoms. The van der Waals surface area contributed by atoms with Crippen LogP contribution in [0.3, 0.4) is 0 Å². The van der Waals surface area contributed by atoms with Crippen molar-refractivity contribution >= 4 is 66.7 Å². The van der Waals surface area contributed by atoms with Crippen molar-refractivity contribution in [3.8, 4) is 0 Å². The van der Waals surface area contributed by atoms with Gasteiger partial charge in [0.1, 0.15) is 12.6 Å². The van der Waals surface area contributed by atoms with Gasteiger partial charge in [-0.25, -0.2) is 8.42 Å². The van der Waals surface area contributed by atoms with Gasteiger partial charge in [0.15, 0.2) is 0 Å².